The van der Waals surface area contributed by atoms with Crippen LogP contribution in [0.4, 0.5) is 11.4 Å². The zero-order chi connectivity index (χ0) is 20.4. The fourth-order valence-corrected chi connectivity index (χ4v) is 3.96. The van der Waals surface area contributed by atoms with Crippen LogP contribution in [0.15, 0.2) is 51.5 Å². The number of hydrazone groups is 1. The van der Waals surface area contributed by atoms with Crippen molar-refractivity contribution in [2.75, 3.05) is 23.0 Å². The number of carbonyl (C=O) groups excluding carboxylic acids is 1. The normalized spacial score (nSPS) is 15.4. The second-order valence-electron chi connectivity index (χ2n) is 7.01. The van der Waals surface area contributed by atoms with Gasteiger partial charge in [-0.2, -0.15) is 10.1 Å². The first kappa shape index (κ1) is 20.3. The Bertz CT molecular complexity index is 974. The van der Waals surface area contributed by atoms with Crippen molar-refractivity contribution in [1.29, 1.82) is 0 Å². The Balaban J connectivity index is 1.91. The van der Waals surface area contributed by atoms with Gasteiger partial charge in [0, 0.05) is 17.6 Å². The van der Waals surface area contributed by atoms with E-state index in [-0.39, 0.29) is 5.91 Å². The van der Waals surface area contributed by atoms with Crippen LogP contribution in [-0.4, -0.2) is 24.7 Å². The second-order valence-corrected chi connectivity index (χ2v) is 7.87. The Labute approximate surface area is 175 Å². The van der Waals surface area contributed by atoms with Crippen LogP contribution in [0, 0.1) is 13.8 Å². The minimum Gasteiger partial charge on any atom is -0.371 e. The quantitative estimate of drug-likeness (QED) is 0.558. The molecule has 1 heterocycles. The molecule has 146 valence electrons. The maximum absolute atomic E-state index is 13.0. The highest BCUT2D eigenvalue weighted by Gasteiger charge is 2.28. The van der Waals surface area contributed by atoms with Crippen LogP contribution in [0.25, 0.3) is 6.08 Å². The van der Waals surface area contributed by atoms with Crippen LogP contribution in [-0.2, 0) is 4.79 Å². The topological polar surface area (TPSA) is 35.9 Å². The van der Waals surface area contributed by atoms with E-state index in [0.29, 0.717) is 5.57 Å². The van der Waals surface area contributed by atoms with Gasteiger partial charge in [0.15, 0.2) is 0 Å². The Morgan fingerprint density at radius 3 is 2.36 bits per heavy atom. The fourth-order valence-electron chi connectivity index (χ4n) is 3.32. The summed E-state index contributed by atoms with van der Waals surface area (Å²) in [7, 11) is 0. The summed E-state index contributed by atoms with van der Waals surface area (Å²) in [6.45, 7) is 12.2. The highest BCUT2D eigenvalue weighted by Crippen LogP contribution is 2.30. The highest BCUT2D eigenvalue weighted by atomic mass is 79.9. The van der Waals surface area contributed by atoms with Gasteiger partial charge in [-0.25, -0.2) is 0 Å². The summed E-state index contributed by atoms with van der Waals surface area (Å²) in [5, 5.41) is 5.99. The van der Waals surface area contributed by atoms with Crippen molar-refractivity contribution in [3.05, 3.63) is 63.1 Å². The monoisotopic (exact) mass is 439 g/mol. The Kier molecular flexibility index (Phi) is 6.04. The van der Waals surface area contributed by atoms with Gasteiger partial charge in [-0.05, 0) is 97.6 Å². The molecule has 0 N–H and O–H groups in total. The summed E-state index contributed by atoms with van der Waals surface area (Å²) in [6, 6.07) is 12.2. The van der Waals surface area contributed by atoms with Crippen LogP contribution in [0.2, 0.25) is 0 Å². The Hall–Kier alpha value is -2.40. The number of aryl methyl sites for hydroxylation is 2. The molecule has 4 nitrogen and oxygen atoms in total. The first-order chi connectivity index (χ1) is 13.3. The average Bonchev–Trinajstić information content (AvgIpc) is 2.95. The minimum atomic E-state index is -0.0929. The third-order valence-corrected chi connectivity index (χ3v) is 5.82. The molecule has 3 rings (SSSR count). The highest BCUT2D eigenvalue weighted by molar-refractivity contribution is 9.10. The molecule has 0 aromatic heterocycles. The number of rotatable bonds is 5. The molecular weight excluding hydrogens is 414 g/mol. The zero-order valence-electron chi connectivity index (χ0n) is 17.1. The molecule has 0 saturated heterocycles. The van der Waals surface area contributed by atoms with E-state index in [2.05, 4.69) is 58.8 Å². The third-order valence-electron chi connectivity index (χ3n) is 5.18. The molecule has 1 aliphatic heterocycles. The van der Waals surface area contributed by atoms with E-state index in [4.69, 9.17) is 0 Å². The fraction of sp³-hybridized carbons (Fsp3) is 0.304. The molecule has 0 bridgehead atoms. The van der Waals surface area contributed by atoms with Gasteiger partial charge in [0.25, 0.3) is 5.91 Å². The summed E-state index contributed by atoms with van der Waals surface area (Å²) in [5.74, 6) is -0.0929. The van der Waals surface area contributed by atoms with E-state index in [9.17, 15) is 4.79 Å². The number of benzene rings is 2. The number of nitrogens with zero attached hydrogens (tertiary/aromatic N) is 3. The molecule has 1 aliphatic rings. The SMILES string of the molecule is CCN(CC)c1ccc(/C=C2/C(=O)N(c3ccc(C)c(C)c3)N=C2C)cc1Br. The first-order valence-electron chi connectivity index (χ1n) is 9.59. The van der Waals surface area contributed by atoms with E-state index in [1.54, 1.807) is 0 Å². The summed E-state index contributed by atoms with van der Waals surface area (Å²) < 4.78 is 1.02. The van der Waals surface area contributed by atoms with Crippen molar-refractivity contribution in [1.82, 2.24) is 0 Å². The van der Waals surface area contributed by atoms with Crippen LogP contribution < -0.4 is 9.91 Å². The molecule has 1 amide bonds. The Morgan fingerprint density at radius 1 is 1.04 bits per heavy atom. The van der Waals surface area contributed by atoms with Crippen LogP contribution in [0.1, 0.15) is 37.5 Å². The maximum atomic E-state index is 13.0. The van der Waals surface area contributed by atoms with Gasteiger partial charge in [-0.15, -0.1) is 0 Å². The smallest absolute Gasteiger partial charge is 0.280 e. The van der Waals surface area contributed by atoms with Crippen molar-refractivity contribution >= 4 is 45.0 Å². The molecule has 0 atom stereocenters. The van der Waals surface area contributed by atoms with Crippen LogP contribution >= 0.6 is 15.9 Å². The molecule has 0 spiro atoms. The molecule has 2 aromatic rings. The van der Waals surface area contributed by atoms with Gasteiger partial charge in [0.05, 0.1) is 22.7 Å². The number of carbonyl (C=O) groups is 1. The molecule has 28 heavy (non-hydrogen) atoms. The summed E-state index contributed by atoms with van der Waals surface area (Å²) in [6.07, 6.45) is 1.92. The number of halogens is 1. The predicted molar refractivity (Wildman–Crippen MR) is 122 cm³/mol. The molecule has 5 heteroatoms. The van der Waals surface area contributed by atoms with E-state index >= 15 is 0 Å². The van der Waals surface area contributed by atoms with Gasteiger partial charge >= 0.3 is 0 Å². The molecule has 2 aromatic carbocycles. The molecule has 0 fully saturated rings. The lowest BCUT2D eigenvalue weighted by atomic mass is 10.1. The molecule has 0 radical (unpaired) electrons. The number of amides is 1. The number of hydrogen-bond acceptors (Lipinski definition) is 3. The average molecular weight is 440 g/mol. The third kappa shape index (κ3) is 3.90. The van der Waals surface area contributed by atoms with Crippen LogP contribution in [0.5, 0.6) is 0 Å². The summed E-state index contributed by atoms with van der Waals surface area (Å²) in [4.78, 5) is 15.3. The summed E-state index contributed by atoms with van der Waals surface area (Å²) in [5.41, 5.74) is 6.63. The first-order valence-corrected chi connectivity index (χ1v) is 10.4. The second kappa shape index (κ2) is 8.31. The standard InChI is InChI=1S/C23H26BrN3O/c1-6-26(7-2)22-11-9-18(14-21(22)24)13-20-17(5)25-27(23(20)28)19-10-8-15(3)16(4)12-19/h8-14H,6-7H2,1-5H3/b20-13+. The van der Waals surface area contributed by atoms with Crippen molar-refractivity contribution in [2.45, 2.75) is 34.6 Å². The zero-order valence-corrected chi connectivity index (χ0v) is 18.7. The van der Waals surface area contributed by atoms with Gasteiger partial charge in [0.2, 0.25) is 0 Å². The van der Waals surface area contributed by atoms with Gasteiger partial charge in [0.1, 0.15) is 0 Å². The van der Waals surface area contributed by atoms with Crippen molar-refractivity contribution in [3.8, 4) is 0 Å². The van der Waals surface area contributed by atoms with Gasteiger partial charge < -0.3 is 4.90 Å². The summed E-state index contributed by atoms with van der Waals surface area (Å²) >= 11 is 3.68. The van der Waals surface area contributed by atoms with E-state index in [0.717, 1.165) is 45.8 Å². The lowest BCUT2D eigenvalue weighted by Gasteiger charge is -2.22. The molecule has 0 aliphatic carbocycles. The Morgan fingerprint density at radius 2 is 1.75 bits per heavy atom. The largest absolute Gasteiger partial charge is 0.371 e. The van der Waals surface area contributed by atoms with Crippen molar-refractivity contribution in [2.24, 2.45) is 5.10 Å². The predicted octanol–water partition coefficient (Wildman–Crippen LogP) is 5.72. The van der Waals surface area contributed by atoms with Crippen molar-refractivity contribution in [3.63, 3.8) is 0 Å². The number of anilines is 2. The lowest BCUT2D eigenvalue weighted by Crippen LogP contribution is -2.22. The van der Waals surface area contributed by atoms with Crippen molar-refractivity contribution < 1.29 is 4.79 Å². The van der Waals surface area contributed by atoms with Gasteiger partial charge in [-0.3, -0.25) is 4.79 Å². The maximum Gasteiger partial charge on any atom is 0.280 e. The molecular formula is C23H26BrN3O. The molecule has 0 saturated carbocycles. The minimum absolute atomic E-state index is 0.0929. The number of hydrogen-bond donors (Lipinski definition) is 0. The van der Waals surface area contributed by atoms with E-state index in [1.165, 1.54) is 10.6 Å². The molecule has 0 unspecified atom stereocenters. The van der Waals surface area contributed by atoms with Gasteiger partial charge in [-0.1, -0.05) is 12.1 Å². The van der Waals surface area contributed by atoms with Crippen LogP contribution in [0.3, 0.4) is 0 Å². The lowest BCUT2D eigenvalue weighted by molar-refractivity contribution is -0.114. The van der Waals surface area contributed by atoms with E-state index in [1.807, 2.05) is 44.2 Å². The van der Waals surface area contributed by atoms with E-state index < -0.39 is 0 Å².